The third-order valence-corrected chi connectivity index (χ3v) is 3.38. The van der Waals surface area contributed by atoms with E-state index in [0.29, 0.717) is 6.04 Å². The topological polar surface area (TPSA) is 42.7 Å². The molecule has 1 aliphatic rings. The minimum absolute atomic E-state index is 0.415. The summed E-state index contributed by atoms with van der Waals surface area (Å²) in [6.45, 7) is 6.63. The number of hydrogen-bond acceptors (Lipinski definition) is 3. The van der Waals surface area contributed by atoms with Crippen molar-refractivity contribution < 1.29 is 0 Å². The first-order valence-corrected chi connectivity index (χ1v) is 6.28. The van der Waals surface area contributed by atoms with Crippen LogP contribution in [0.4, 0.5) is 0 Å². The Morgan fingerprint density at radius 1 is 1.47 bits per heavy atom. The fourth-order valence-electron chi connectivity index (χ4n) is 2.41. The van der Waals surface area contributed by atoms with E-state index < -0.39 is 0 Å². The highest BCUT2D eigenvalue weighted by molar-refractivity contribution is 5.71. The first kappa shape index (κ1) is 10.7. The minimum Gasteiger partial charge on any atom is -0.316 e. The van der Waals surface area contributed by atoms with Gasteiger partial charge in [-0.3, -0.25) is 0 Å². The van der Waals surface area contributed by atoms with Gasteiger partial charge in [0.25, 0.3) is 0 Å². The van der Waals surface area contributed by atoms with Crippen LogP contribution in [0.2, 0.25) is 0 Å². The zero-order valence-electron chi connectivity index (χ0n) is 10.3. The summed E-state index contributed by atoms with van der Waals surface area (Å²) in [6.07, 6.45) is 2.90. The molecule has 17 heavy (non-hydrogen) atoms. The van der Waals surface area contributed by atoms with Gasteiger partial charge in [0.1, 0.15) is 11.3 Å². The van der Waals surface area contributed by atoms with Crippen molar-refractivity contribution in [2.45, 2.75) is 26.3 Å². The predicted molar refractivity (Wildman–Crippen MR) is 68.0 cm³/mol. The van der Waals surface area contributed by atoms with E-state index in [1.54, 1.807) is 0 Å². The van der Waals surface area contributed by atoms with Gasteiger partial charge in [0.2, 0.25) is 0 Å². The van der Waals surface area contributed by atoms with Gasteiger partial charge in [-0.15, -0.1) is 0 Å². The Morgan fingerprint density at radius 3 is 2.94 bits per heavy atom. The van der Waals surface area contributed by atoms with Gasteiger partial charge < -0.3 is 9.88 Å². The van der Waals surface area contributed by atoms with E-state index in [1.807, 2.05) is 18.3 Å². The van der Waals surface area contributed by atoms with Crippen LogP contribution in [0.15, 0.2) is 18.3 Å². The molecule has 1 fully saturated rings. The summed E-state index contributed by atoms with van der Waals surface area (Å²) in [5.41, 5.74) is 2.04. The predicted octanol–water partition coefficient (Wildman–Crippen LogP) is 1.77. The van der Waals surface area contributed by atoms with Crippen LogP contribution in [0.25, 0.3) is 11.2 Å². The van der Waals surface area contributed by atoms with Crippen LogP contribution in [-0.4, -0.2) is 27.6 Å². The van der Waals surface area contributed by atoms with Crippen LogP contribution < -0.4 is 5.32 Å². The van der Waals surface area contributed by atoms with Crippen molar-refractivity contribution in [1.82, 2.24) is 19.9 Å². The van der Waals surface area contributed by atoms with Crippen molar-refractivity contribution in [1.29, 1.82) is 0 Å². The molecule has 0 aliphatic carbocycles. The molecule has 4 heteroatoms. The highest BCUT2D eigenvalue weighted by Gasteiger charge is 2.22. The first-order valence-electron chi connectivity index (χ1n) is 6.28. The molecule has 0 atom stereocenters. The van der Waals surface area contributed by atoms with Crippen LogP contribution in [0.1, 0.15) is 25.7 Å². The Kier molecular flexibility index (Phi) is 2.59. The van der Waals surface area contributed by atoms with E-state index in [0.717, 1.165) is 36.6 Å². The second kappa shape index (κ2) is 4.11. The highest BCUT2D eigenvalue weighted by Crippen LogP contribution is 2.22. The SMILES string of the molecule is CC(C)n1c(CC2CNC2)nc2cccnc21. The van der Waals surface area contributed by atoms with Gasteiger partial charge in [-0.2, -0.15) is 0 Å². The average Bonchev–Trinajstić information content (AvgIpc) is 2.61. The summed E-state index contributed by atoms with van der Waals surface area (Å²) < 4.78 is 2.27. The van der Waals surface area contributed by atoms with E-state index >= 15 is 0 Å². The molecule has 1 aliphatic heterocycles. The molecule has 1 saturated heterocycles. The van der Waals surface area contributed by atoms with E-state index in [9.17, 15) is 0 Å². The molecule has 0 amide bonds. The van der Waals surface area contributed by atoms with Crippen molar-refractivity contribution in [3.05, 3.63) is 24.2 Å². The molecule has 0 radical (unpaired) electrons. The summed E-state index contributed by atoms with van der Waals surface area (Å²) in [5, 5.41) is 3.31. The Morgan fingerprint density at radius 2 is 2.29 bits per heavy atom. The first-order chi connectivity index (χ1) is 8.25. The second-order valence-corrected chi connectivity index (χ2v) is 5.07. The second-order valence-electron chi connectivity index (χ2n) is 5.07. The Balaban J connectivity index is 2.05. The maximum Gasteiger partial charge on any atom is 0.160 e. The van der Waals surface area contributed by atoms with E-state index in [-0.39, 0.29) is 0 Å². The molecular weight excluding hydrogens is 212 g/mol. The minimum atomic E-state index is 0.415. The maximum atomic E-state index is 4.73. The summed E-state index contributed by atoms with van der Waals surface area (Å²) in [6, 6.07) is 4.41. The molecule has 1 N–H and O–H groups in total. The third kappa shape index (κ3) is 1.82. The van der Waals surface area contributed by atoms with Crippen molar-refractivity contribution >= 4 is 11.2 Å². The van der Waals surface area contributed by atoms with Gasteiger partial charge in [0.05, 0.1) is 0 Å². The summed E-state index contributed by atoms with van der Waals surface area (Å²) in [4.78, 5) is 9.19. The van der Waals surface area contributed by atoms with E-state index in [4.69, 9.17) is 4.98 Å². The number of nitrogens with one attached hydrogen (secondary N) is 1. The fourth-order valence-corrected chi connectivity index (χ4v) is 2.41. The number of fused-ring (bicyclic) bond motifs is 1. The summed E-state index contributed by atoms with van der Waals surface area (Å²) in [7, 11) is 0. The molecule has 0 spiro atoms. The molecule has 0 unspecified atom stereocenters. The van der Waals surface area contributed by atoms with Gasteiger partial charge in [-0.25, -0.2) is 9.97 Å². The lowest BCUT2D eigenvalue weighted by atomic mass is 9.99. The fraction of sp³-hybridized carbons (Fsp3) is 0.538. The molecule has 0 aromatic carbocycles. The molecule has 90 valence electrons. The van der Waals surface area contributed by atoms with Crippen molar-refractivity contribution in [2.75, 3.05) is 13.1 Å². The maximum absolute atomic E-state index is 4.73. The Hall–Kier alpha value is -1.42. The Bertz CT molecular complexity index is 525. The van der Waals surface area contributed by atoms with Crippen LogP contribution in [-0.2, 0) is 6.42 Å². The molecule has 0 bridgehead atoms. The highest BCUT2D eigenvalue weighted by atomic mass is 15.1. The number of imidazole rings is 1. The normalized spacial score (nSPS) is 16.6. The molecular formula is C13H18N4. The number of hydrogen-bond donors (Lipinski definition) is 1. The average molecular weight is 230 g/mol. The van der Waals surface area contributed by atoms with Crippen LogP contribution >= 0.6 is 0 Å². The summed E-state index contributed by atoms with van der Waals surface area (Å²) >= 11 is 0. The van der Waals surface area contributed by atoms with Crippen LogP contribution in [0, 0.1) is 5.92 Å². The smallest absolute Gasteiger partial charge is 0.160 e. The zero-order valence-corrected chi connectivity index (χ0v) is 10.3. The van der Waals surface area contributed by atoms with Crippen molar-refractivity contribution in [3.63, 3.8) is 0 Å². The van der Waals surface area contributed by atoms with E-state index in [1.165, 1.54) is 5.82 Å². The number of aromatic nitrogens is 3. The molecule has 2 aromatic rings. The largest absolute Gasteiger partial charge is 0.316 e. The van der Waals surface area contributed by atoms with Gasteiger partial charge in [0.15, 0.2) is 5.65 Å². The monoisotopic (exact) mass is 230 g/mol. The quantitative estimate of drug-likeness (QED) is 0.874. The number of pyridine rings is 1. The summed E-state index contributed by atoms with van der Waals surface area (Å²) in [5.74, 6) is 1.92. The third-order valence-electron chi connectivity index (χ3n) is 3.38. The van der Waals surface area contributed by atoms with Gasteiger partial charge >= 0.3 is 0 Å². The van der Waals surface area contributed by atoms with Crippen LogP contribution in [0.5, 0.6) is 0 Å². The van der Waals surface area contributed by atoms with Crippen molar-refractivity contribution in [3.8, 4) is 0 Å². The molecule has 4 nitrogen and oxygen atoms in total. The number of nitrogens with zero attached hydrogens (tertiary/aromatic N) is 3. The lowest BCUT2D eigenvalue weighted by Gasteiger charge is -2.27. The van der Waals surface area contributed by atoms with E-state index in [2.05, 4.69) is 28.7 Å². The van der Waals surface area contributed by atoms with Crippen LogP contribution in [0.3, 0.4) is 0 Å². The van der Waals surface area contributed by atoms with Gasteiger partial charge in [-0.05, 0) is 45.0 Å². The molecule has 2 aromatic heterocycles. The van der Waals surface area contributed by atoms with Crippen molar-refractivity contribution in [2.24, 2.45) is 5.92 Å². The number of rotatable bonds is 3. The molecule has 3 heterocycles. The van der Waals surface area contributed by atoms with Gasteiger partial charge in [0, 0.05) is 18.7 Å². The molecule has 3 rings (SSSR count). The van der Waals surface area contributed by atoms with Gasteiger partial charge in [-0.1, -0.05) is 0 Å². The lowest BCUT2D eigenvalue weighted by Crippen LogP contribution is -2.43. The Labute approximate surface area is 101 Å². The lowest BCUT2D eigenvalue weighted by molar-refractivity contribution is 0.335. The molecule has 0 saturated carbocycles. The zero-order chi connectivity index (χ0) is 11.8. The standard InChI is InChI=1S/C13H18N4/c1-9(2)17-12(6-10-7-14-8-10)16-11-4-3-5-15-13(11)17/h3-5,9-10,14H,6-8H2,1-2H3.